The summed E-state index contributed by atoms with van der Waals surface area (Å²) in [5, 5.41) is 4.92. The van der Waals surface area contributed by atoms with Gasteiger partial charge in [-0.2, -0.15) is 0 Å². The molecule has 1 atom stereocenters. The van der Waals surface area contributed by atoms with Crippen LogP contribution in [0.3, 0.4) is 0 Å². The number of sulfonamides is 1. The zero-order valence-corrected chi connectivity index (χ0v) is 8.66. The van der Waals surface area contributed by atoms with Crippen LogP contribution in [-0.4, -0.2) is 19.4 Å². The third-order valence-corrected chi connectivity index (χ3v) is 2.56. The smallest absolute Gasteiger partial charge is 0.239 e. The van der Waals surface area contributed by atoms with E-state index in [1.807, 2.05) is 6.92 Å². The molecule has 4 N–H and O–H groups in total. The Morgan fingerprint density at radius 1 is 1.50 bits per heavy atom. The van der Waals surface area contributed by atoms with E-state index in [9.17, 15) is 8.42 Å². The molecular formula is C8H13N3O2S. The number of primary sulfonamides is 1. The number of nitrogens with two attached hydrogens (primary N) is 2. The molecule has 1 rings (SSSR count). The van der Waals surface area contributed by atoms with Gasteiger partial charge in [-0.1, -0.05) is 0 Å². The summed E-state index contributed by atoms with van der Waals surface area (Å²) >= 11 is 0. The van der Waals surface area contributed by atoms with E-state index < -0.39 is 10.0 Å². The molecular weight excluding hydrogens is 202 g/mol. The van der Waals surface area contributed by atoms with Gasteiger partial charge in [-0.3, -0.25) is 4.98 Å². The van der Waals surface area contributed by atoms with Gasteiger partial charge in [-0.15, -0.1) is 0 Å². The Hall–Kier alpha value is -0.980. The monoisotopic (exact) mass is 215 g/mol. The van der Waals surface area contributed by atoms with E-state index >= 15 is 0 Å². The van der Waals surface area contributed by atoms with Crippen LogP contribution < -0.4 is 10.9 Å². The van der Waals surface area contributed by atoms with E-state index in [1.165, 1.54) is 12.3 Å². The number of rotatable bonds is 3. The minimum absolute atomic E-state index is 0.00262. The van der Waals surface area contributed by atoms with Crippen LogP contribution in [0.2, 0.25) is 0 Å². The van der Waals surface area contributed by atoms with Gasteiger partial charge in [0.15, 0.2) is 0 Å². The lowest BCUT2D eigenvalue weighted by Gasteiger charge is -2.04. The van der Waals surface area contributed by atoms with E-state index in [-0.39, 0.29) is 10.9 Å². The second-order valence-corrected chi connectivity index (χ2v) is 4.77. The van der Waals surface area contributed by atoms with Crippen molar-refractivity contribution in [2.75, 3.05) is 0 Å². The fourth-order valence-corrected chi connectivity index (χ4v) is 1.49. The van der Waals surface area contributed by atoms with Crippen molar-refractivity contribution in [3.63, 3.8) is 0 Å². The van der Waals surface area contributed by atoms with E-state index in [2.05, 4.69) is 4.98 Å². The maximum absolute atomic E-state index is 10.9. The van der Waals surface area contributed by atoms with Crippen LogP contribution in [0.4, 0.5) is 0 Å². The van der Waals surface area contributed by atoms with E-state index in [0.717, 1.165) is 5.69 Å². The summed E-state index contributed by atoms with van der Waals surface area (Å²) in [5.74, 6) is 0. The summed E-state index contributed by atoms with van der Waals surface area (Å²) in [6.45, 7) is 1.86. The average Bonchev–Trinajstić information content (AvgIpc) is 2.02. The van der Waals surface area contributed by atoms with Gasteiger partial charge in [0.2, 0.25) is 10.0 Å². The number of aromatic nitrogens is 1. The van der Waals surface area contributed by atoms with Crippen molar-refractivity contribution >= 4 is 10.0 Å². The summed E-state index contributed by atoms with van der Waals surface area (Å²) in [7, 11) is -3.64. The van der Waals surface area contributed by atoms with Crippen molar-refractivity contribution in [3.05, 3.63) is 24.0 Å². The quantitative estimate of drug-likeness (QED) is 0.717. The minimum Gasteiger partial charge on any atom is -0.328 e. The predicted octanol–water partition coefficient (Wildman–Crippen LogP) is -0.381. The topological polar surface area (TPSA) is 99.1 Å². The lowest BCUT2D eigenvalue weighted by Crippen LogP contribution is -2.19. The van der Waals surface area contributed by atoms with Gasteiger partial charge in [0.25, 0.3) is 0 Å². The molecule has 0 fully saturated rings. The molecule has 0 saturated heterocycles. The molecule has 0 radical (unpaired) electrons. The fraction of sp³-hybridized carbons (Fsp3) is 0.375. The zero-order valence-electron chi connectivity index (χ0n) is 7.84. The molecule has 14 heavy (non-hydrogen) atoms. The highest BCUT2D eigenvalue weighted by Gasteiger charge is 2.07. The van der Waals surface area contributed by atoms with Gasteiger partial charge < -0.3 is 5.73 Å². The van der Waals surface area contributed by atoms with Gasteiger partial charge >= 0.3 is 0 Å². The SMILES string of the molecule is CC(N)Cc1ccc(S(N)(=O)=O)cn1. The van der Waals surface area contributed by atoms with Gasteiger partial charge in [0.1, 0.15) is 4.90 Å². The number of hydrogen-bond acceptors (Lipinski definition) is 4. The summed E-state index contributed by atoms with van der Waals surface area (Å²) in [5.41, 5.74) is 6.32. The van der Waals surface area contributed by atoms with Crippen LogP contribution in [0.15, 0.2) is 23.2 Å². The largest absolute Gasteiger partial charge is 0.328 e. The second kappa shape index (κ2) is 4.04. The Morgan fingerprint density at radius 3 is 2.50 bits per heavy atom. The van der Waals surface area contributed by atoms with Gasteiger partial charge in [0.05, 0.1) is 0 Å². The summed E-state index contributed by atoms with van der Waals surface area (Å²) in [6.07, 6.45) is 1.86. The van der Waals surface area contributed by atoms with E-state index in [0.29, 0.717) is 6.42 Å². The zero-order chi connectivity index (χ0) is 10.8. The molecule has 0 aliphatic rings. The Balaban J connectivity index is 2.90. The van der Waals surface area contributed by atoms with Crippen LogP contribution in [-0.2, 0) is 16.4 Å². The molecule has 0 bridgehead atoms. The van der Waals surface area contributed by atoms with Crippen molar-refractivity contribution < 1.29 is 8.42 Å². The molecule has 0 aliphatic carbocycles. The van der Waals surface area contributed by atoms with Crippen molar-refractivity contribution in [2.45, 2.75) is 24.3 Å². The Bertz CT molecular complexity index is 397. The van der Waals surface area contributed by atoms with Gasteiger partial charge in [-0.25, -0.2) is 13.6 Å². The van der Waals surface area contributed by atoms with Crippen molar-refractivity contribution in [2.24, 2.45) is 10.9 Å². The lowest BCUT2D eigenvalue weighted by atomic mass is 10.2. The van der Waals surface area contributed by atoms with Gasteiger partial charge in [-0.05, 0) is 19.1 Å². The van der Waals surface area contributed by atoms with Crippen molar-refractivity contribution in [1.29, 1.82) is 0 Å². The minimum atomic E-state index is -3.64. The van der Waals surface area contributed by atoms with E-state index in [4.69, 9.17) is 10.9 Å². The Morgan fingerprint density at radius 2 is 2.14 bits per heavy atom. The highest BCUT2D eigenvalue weighted by molar-refractivity contribution is 7.89. The summed E-state index contributed by atoms with van der Waals surface area (Å²) in [4.78, 5) is 3.97. The maximum atomic E-state index is 10.9. The average molecular weight is 215 g/mol. The molecule has 1 aromatic rings. The summed E-state index contributed by atoms with van der Waals surface area (Å²) in [6, 6.07) is 3.05. The Labute approximate surface area is 83.2 Å². The first-order chi connectivity index (χ1) is 6.39. The first-order valence-corrected chi connectivity index (χ1v) is 5.67. The third-order valence-electron chi connectivity index (χ3n) is 1.66. The fourth-order valence-electron chi connectivity index (χ4n) is 1.03. The molecule has 0 saturated carbocycles. The van der Waals surface area contributed by atoms with Crippen LogP contribution in [0, 0.1) is 0 Å². The standard InChI is InChI=1S/C8H13N3O2S/c1-6(9)4-7-2-3-8(5-11-7)14(10,12)13/h2-3,5-6H,4,9H2,1H3,(H2,10,12,13). The number of hydrogen-bond donors (Lipinski definition) is 2. The maximum Gasteiger partial charge on any atom is 0.239 e. The molecule has 0 aliphatic heterocycles. The van der Waals surface area contributed by atoms with Crippen molar-refractivity contribution in [3.8, 4) is 0 Å². The predicted molar refractivity (Wildman–Crippen MR) is 53.0 cm³/mol. The molecule has 1 aromatic heterocycles. The molecule has 1 heterocycles. The number of nitrogens with zero attached hydrogens (tertiary/aromatic N) is 1. The molecule has 0 amide bonds. The van der Waals surface area contributed by atoms with Crippen LogP contribution >= 0.6 is 0 Å². The van der Waals surface area contributed by atoms with E-state index in [1.54, 1.807) is 6.07 Å². The van der Waals surface area contributed by atoms with Crippen molar-refractivity contribution in [1.82, 2.24) is 4.98 Å². The number of pyridine rings is 1. The normalized spacial score (nSPS) is 13.9. The summed E-state index contributed by atoms with van der Waals surface area (Å²) < 4.78 is 21.8. The Kier molecular flexibility index (Phi) is 3.20. The molecule has 78 valence electrons. The van der Waals surface area contributed by atoms with Crippen LogP contribution in [0.25, 0.3) is 0 Å². The van der Waals surface area contributed by atoms with Gasteiger partial charge in [0, 0.05) is 24.4 Å². The van der Waals surface area contributed by atoms with Crippen LogP contribution in [0.5, 0.6) is 0 Å². The third kappa shape index (κ3) is 3.06. The molecule has 0 aromatic carbocycles. The first kappa shape index (κ1) is 11.1. The molecule has 0 spiro atoms. The molecule has 5 nitrogen and oxygen atoms in total. The van der Waals surface area contributed by atoms with Crippen LogP contribution in [0.1, 0.15) is 12.6 Å². The molecule has 1 unspecified atom stereocenters. The lowest BCUT2D eigenvalue weighted by molar-refractivity contribution is 0.597. The highest BCUT2D eigenvalue weighted by atomic mass is 32.2. The second-order valence-electron chi connectivity index (χ2n) is 3.21. The molecule has 6 heteroatoms. The first-order valence-electron chi connectivity index (χ1n) is 4.13. The highest BCUT2D eigenvalue weighted by Crippen LogP contribution is 2.06.